The molecule has 1 saturated carbocycles. The van der Waals surface area contributed by atoms with Crippen LogP contribution in [-0.2, 0) is 0 Å². The van der Waals surface area contributed by atoms with Crippen LogP contribution < -0.4 is 4.90 Å². The second kappa shape index (κ2) is 6.70. The molecule has 1 N–H and O–H groups in total. The monoisotopic (exact) mass is 277 g/mol. The van der Waals surface area contributed by atoms with E-state index in [1.54, 1.807) is 11.1 Å². The molecular weight excluding hydrogens is 254 g/mol. The third-order valence-electron chi connectivity index (χ3n) is 3.67. The first-order chi connectivity index (χ1) is 9.71. The molecule has 0 spiro atoms. The molecule has 0 aromatic carbocycles. The third-order valence-corrected chi connectivity index (χ3v) is 3.67. The molecule has 5 heteroatoms. The van der Waals surface area contributed by atoms with Gasteiger partial charge in [-0.05, 0) is 38.8 Å². The van der Waals surface area contributed by atoms with Gasteiger partial charge in [-0.1, -0.05) is 0 Å². The molecule has 0 saturated heterocycles. The molecule has 0 bridgehead atoms. The first-order valence-corrected chi connectivity index (χ1v) is 7.34. The summed E-state index contributed by atoms with van der Waals surface area (Å²) in [6.45, 7) is 6.03. The summed E-state index contributed by atoms with van der Waals surface area (Å²) in [4.78, 5) is 20.4. The third kappa shape index (κ3) is 3.28. The van der Waals surface area contributed by atoms with Gasteiger partial charge in [-0.3, -0.25) is 9.78 Å². The molecule has 1 fully saturated rings. The van der Waals surface area contributed by atoms with Crippen LogP contribution in [0.4, 0.5) is 5.69 Å². The van der Waals surface area contributed by atoms with Crippen LogP contribution in [0.3, 0.4) is 0 Å². The second-order valence-electron chi connectivity index (χ2n) is 5.02. The fourth-order valence-corrected chi connectivity index (χ4v) is 2.40. The molecule has 0 aliphatic heterocycles. The summed E-state index contributed by atoms with van der Waals surface area (Å²) in [6, 6.07) is 4.25. The Morgan fingerprint density at radius 1 is 1.40 bits per heavy atom. The summed E-state index contributed by atoms with van der Waals surface area (Å²) in [5.74, 6) is -0.0309. The van der Waals surface area contributed by atoms with Crippen LogP contribution in [0.2, 0.25) is 0 Å². The average molecular weight is 277 g/mol. The number of aliphatic hydroxyl groups is 1. The maximum Gasteiger partial charge on any atom is 0.272 e. The van der Waals surface area contributed by atoms with Crippen molar-refractivity contribution in [3.05, 3.63) is 24.0 Å². The lowest BCUT2D eigenvalue weighted by Gasteiger charge is -2.24. The van der Waals surface area contributed by atoms with Crippen molar-refractivity contribution >= 4 is 11.6 Å². The molecule has 1 aromatic heterocycles. The van der Waals surface area contributed by atoms with Gasteiger partial charge in [0, 0.05) is 37.6 Å². The Kier molecular flexibility index (Phi) is 4.95. The Balaban J connectivity index is 2.20. The van der Waals surface area contributed by atoms with Crippen LogP contribution in [0.1, 0.15) is 37.2 Å². The first kappa shape index (κ1) is 14.8. The molecule has 1 aliphatic carbocycles. The number of aromatic nitrogens is 1. The van der Waals surface area contributed by atoms with Gasteiger partial charge in [0.15, 0.2) is 0 Å². The fraction of sp³-hybridized carbons (Fsp3) is 0.600. The Bertz CT molecular complexity index is 456. The van der Waals surface area contributed by atoms with Crippen LogP contribution in [0.5, 0.6) is 0 Å². The van der Waals surface area contributed by atoms with Crippen molar-refractivity contribution in [1.29, 1.82) is 0 Å². The normalized spacial score (nSPS) is 14.2. The zero-order valence-corrected chi connectivity index (χ0v) is 12.2. The van der Waals surface area contributed by atoms with Crippen molar-refractivity contribution in [3.63, 3.8) is 0 Å². The Hall–Kier alpha value is -1.62. The van der Waals surface area contributed by atoms with Crippen LogP contribution in [0, 0.1) is 0 Å². The van der Waals surface area contributed by atoms with E-state index in [0.29, 0.717) is 31.4 Å². The molecule has 2 rings (SSSR count). The van der Waals surface area contributed by atoms with E-state index in [1.807, 2.05) is 26.0 Å². The zero-order chi connectivity index (χ0) is 14.5. The van der Waals surface area contributed by atoms with Gasteiger partial charge in [0.25, 0.3) is 5.91 Å². The number of aliphatic hydroxyl groups excluding tert-OH is 1. The van der Waals surface area contributed by atoms with Gasteiger partial charge < -0.3 is 14.9 Å². The lowest BCUT2D eigenvalue weighted by atomic mass is 10.2. The molecule has 110 valence electrons. The fourth-order valence-electron chi connectivity index (χ4n) is 2.40. The quantitative estimate of drug-likeness (QED) is 0.821. The lowest BCUT2D eigenvalue weighted by Crippen LogP contribution is -2.32. The minimum absolute atomic E-state index is 0.0309. The highest BCUT2D eigenvalue weighted by Crippen LogP contribution is 2.31. The van der Waals surface area contributed by atoms with Gasteiger partial charge in [0.1, 0.15) is 5.69 Å². The Labute approximate surface area is 120 Å². The number of pyridine rings is 1. The van der Waals surface area contributed by atoms with E-state index in [-0.39, 0.29) is 12.5 Å². The van der Waals surface area contributed by atoms with E-state index in [2.05, 4.69) is 9.88 Å². The van der Waals surface area contributed by atoms with Gasteiger partial charge in [0.05, 0.1) is 6.61 Å². The van der Waals surface area contributed by atoms with Gasteiger partial charge >= 0.3 is 0 Å². The van der Waals surface area contributed by atoms with E-state index in [0.717, 1.165) is 18.5 Å². The van der Waals surface area contributed by atoms with E-state index < -0.39 is 0 Å². The van der Waals surface area contributed by atoms with Gasteiger partial charge in [-0.15, -0.1) is 0 Å². The molecule has 0 radical (unpaired) electrons. The highest BCUT2D eigenvalue weighted by Gasteiger charge is 2.29. The predicted octanol–water partition coefficient (Wildman–Crippen LogP) is 1.52. The van der Waals surface area contributed by atoms with E-state index in [9.17, 15) is 9.90 Å². The summed E-state index contributed by atoms with van der Waals surface area (Å²) in [7, 11) is 0. The summed E-state index contributed by atoms with van der Waals surface area (Å²) in [5.41, 5.74) is 1.46. The number of nitrogens with zero attached hydrogens (tertiary/aromatic N) is 3. The highest BCUT2D eigenvalue weighted by molar-refractivity contribution is 5.93. The van der Waals surface area contributed by atoms with E-state index in [4.69, 9.17) is 0 Å². The topological polar surface area (TPSA) is 56.7 Å². The molecule has 20 heavy (non-hydrogen) atoms. The Morgan fingerprint density at radius 2 is 2.10 bits per heavy atom. The number of rotatable bonds is 7. The molecule has 5 nitrogen and oxygen atoms in total. The molecule has 1 amide bonds. The number of anilines is 1. The standard InChI is InChI=1S/C15H23N3O2/c1-3-17(4-2)15(20)14-11-13(7-8-16-14)18(9-10-19)12-5-6-12/h7-8,11-12,19H,3-6,9-10H2,1-2H3. The van der Waals surface area contributed by atoms with Crippen molar-refractivity contribution < 1.29 is 9.90 Å². The maximum absolute atomic E-state index is 12.3. The minimum Gasteiger partial charge on any atom is -0.395 e. The van der Waals surface area contributed by atoms with Crippen molar-refractivity contribution in [2.75, 3.05) is 31.1 Å². The highest BCUT2D eigenvalue weighted by atomic mass is 16.3. The van der Waals surface area contributed by atoms with Crippen molar-refractivity contribution in [2.45, 2.75) is 32.7 Å². The number of hydrogen-bond acceptors (Lipinski definition) is 4. The van der Waals surface area contributed by atoms with Crippen LogP contribution in [0.15, 0.2) is 18.3 Å². The smallest absolute Gasteiger partial charge is 0.272 e. The molecular formula is C15H23N3O2. The second-order valence-corrected chi connectivity index (χ2v) is 5.02. The van der Waals surface area contributed by atoms with E-state index >= 15 is 0 Å². The van der Waals surface area contributed by atoms with Gasteiger partial charge in [-0.2, -0.15) is 0 Å². The molecule has 1 heterocycles. The SMILES string of the molecule is CCN(CC)C(=O)c1cc(N(CCO)C2CC2)ccn1. The minimum atomic E-state index is -0.0309. The number of carbonyl (C=O) groups is 1. The van der Waals surface area contributed by atoms with Crippen molar-refractivity contribution in [2.24, 2.45) is 0 Å². The molecule has 1 aliphatic rings. The largest absolute Gasteiger partial charge is 0.395 e. The lowest BCUT2D eigenvalue weighted by molar-refractivity contribution is 0.0767. The summed E-state index contributed by atoms with van der Waals surface area (Å²) >= 11 is 0. The number of amides is 1. The van der Waals surface area contributed by atoms with Gasteiger partial charge in [0.2, 0.25) is 0 Å². The zero-order valence-electron chi connectivity index (χ0n) is 12.2. The molecule has 1 aromatic rings. The first-order valence-electron chi connectivity index (χ1n) is 7.34. The Morgan fingerprint density at radius 3 is 2.65 bits per heavy atom. The van der Waals surface area contributed by atoms with Crippen molar-refractivity contribution in [1.82, 2.24) is 9.88 Å². The van der Waals surface area contributed by atoms with Gasteiger partial charge in [-0.25, -0.2) is 0 Å². The van der Waals surface area contributed by atoms with Crippen LogP contribution in [0.25, 0.3) is 0 Å². The summed E-state index contributed by atoms with van der Waals surface area (Å²) in [6.07, 6.45) is 3.99. The van der Waals surface area contributed by atoms with Crippen LogP contribution in [-0.4, -0.2) is 53.2 Å². The summed E-state index contributed by atoms with van der Waals surface area (Å²) < 4.78 is 0. The average Bonchev–Trinajstić information content (AvgIpc) is 3.30. The predicted molar refractivity (Wildman–Crippen MR) is 78.9 cm³/mol. The van der Waals surface area contributed by atoms with E-state index in [1.165, 1.54) is 0 Å². The van der Waals surface area contributed by atoms with Crippen LogP contribution >= 0.6 is 0 Å². The molecule has 0 unspecified atom stereocenters. The number of carbonyl (C=O) groups excluding carboxylic acids is 1. The summed E-state index contributed by atoms with van der Waals surface area (Å²) in [5, 5.41) is 9.19. The maximum atomic E-state index is 12.3. The van der Waals surface area contributed by atoms with Crippen molar-refractivity contribution in [3.8, 4) is 0 Å². The molecule has 0 atom stereocenters. The number of hydrogen-bond donors (Lipinski definition) is 1.